The van der Waals surface area contributed by atoms with Crippen molar-refractivity contribution in [1.82, 2.24) is 4.57 Å². The second-order valence-corrected chi connectivity index (χ2v) is 8.96. The number of nitro groups is 1. The first-order chi connectivity index (χ1) is 13.4. The van der Waals surface area contributed by atoms with Crippen LogP contribution in [0.5, 0.6) is 0 Å². The van der Waals surface area contributed by atoms with Gasteiger partial charge in [0.1, 0.15) is 0 Å². The molecule has 144 valence electrons. The molecule has 0 saturated carbocycles. The molecule has 28 heavy (non-hydrogen) atoms. The van der Waals surface area contributed by atoms with Gasteiger partial charge in [0.2, 0.25) is 0 Å². The molecule has 8 heteroatoms. The molecule has 2 aromatic carbocycles. The van der Waals surface area contributed by atoms with Crippen molar-refractivity contribution in [3.05, 3.63) is 75.6 Å². The summed E-state index contributed by atoms with van der Waals surface area (Å²) in [5, 5.41) is 11.5. The monoisotopic (exact) mass is 413 g/mol. The van der Waals surface area contributed by atoms with Gasteiger partial charge in [-0.25, -0.2) is 0 Å². The zero-order valence-electron chi connectivity index (χ0n) is 15.5. The van der Waals surface area contributed by atoms with E-state index in [1.54, 1.807) is 36.0 Å². The maximum absolute atomic E-state index is 12.6. The molecular weight excluding hydrogens is 394 g/mol. The van der Waals surface area contributed by atoms with Crippen LogP contribution in [0.15, 0.2) is 65.0 Å². The summed E-state index contributed by atoms with van der Waals surface area (Å²) >= 11 is 2.98. The third-order valence-corrected chi connectivity index (χ3v) is 5.92. The quantitative estimate of drug-likeness (QED) is 0.245. The fourth-order valence-corrected chi connectivity index (χ4v) is 4.57. The summed E-state index contributed by atoms with van der Waals surface area (Å²) in [5.41, 5.74) is 1.29. The molecule has 0 radical (unpaired) electrons. The minimum atomic E-state index is -0.435. The fraction of sp³-hybridized carbons (Fsp3) is 0.200. The number of thiazole rings is 1. The highest BCUT2D eigenvalue weighted by Gasteiger charge is 2.13. The van der Waals surface area contributed by atoms with Crippen molar-refractivity contribution < 1.29 is 9.72 Å². The molecular formula is C20H19N3O3S2. The predicted molar refractivity (Wildman–Crippen MR) is 114 cm³/mol. The zero-order chi connectivity index (χ0) is 20.3. The molecule has 0 aliphatic rings. The summed E-state index contributed by atoms with van der Waals surface area (Å²) < 4.78 is 2.53. The third kappa shape index (κ3) is 4.40. The molecule has 0 N–H and O–H groups in total. The van der Waals surface area contributed by atoms with Crippen LogP contribution in [0.25, 0.3) is 10.2 Å². The molecule has 0 aliphatic heterocycles. The molecule has 0 spiro atoms. The van der Waals surface area contributed by atoms with Gasteiger partial charge in [-0.1, -0.05) is 31.3 Å². The van der Waals surface area contributed by atoms with Gasteiger partial charge in [-0.15, -0.1) is 18.3 Å². The van der Waals surface area contributed by atoms with Crippen LogP contribution in [-0.2, 0) is 6.54 Å². The summed E-state index contributed by atoms with van der Waals surface area (Å²) in [7, 11) is 0. The molecule has 0 aliphatic carbocycles. The average Bonchev–Trinajstić information content (AvgIpc) is 2.98. The lowest BCUT2D eigenvalue weighted by molar-refractivity contribution is -0.384. The summed E-state index contributed by atoms with van der Waals surface area (Å²) in [6, 6.07) is 12.0. The smallest absolute Gasteiger partial charge is 0.279 e. The van der Waals surface area contributed by atoms with E-state index in [4.69, 9.17) is 0 Å². The SMILES string of the molecule is C=CCn1c(=NC(=O)c2ccc(SC(C)C)cc2)sc2cc([N+](=O)[O-])ccc21. The van der Waals surface area contributed by atoms with E-state index in [-0.39, 0.29) is 11.6 Å². The standard InChI is InChI=1S/C20H19N3O3S2/c1-4-11-22-17-10-7-15(23(25)26)12-18(17)28-20(22)21-19(24)14-5-8-16(9-6-14)27-13(2)3/h4-10,12-13H,1,11H2,2-3H3. The number of fused-ring (bicyclic) bond motifs is 1. The van der Waals surface area contributed by atoms with E-state index >= 15 is 0 Å². The Labute approximate surface area is 170 Å². The molecule has 0 atom stereocenters. The molecule has 1 aromatic heterocycles. The number of amides is 1. The maximum Gasteiger partial charge on any atom is 0.279 e. The number of carbonyl (C=O) groups excluding carboxylic acids is 1. The van der Waals surface area contributed by atoms with Crippen molar-refractivity contribution in [3.8, 4) is 0 Å². The Hall–Kier alpha value is -2.71. The van der Waals surface area contributed by atoms with Gasteiger partial charge in [0.25, 0.3) is 11.6 Å². The molecule has 0 saturated heterocycles. The van der Waals surface area contributed by atoms with Gasteiger partial charge in [-0.2, -0.15) is 4.99 Å². The van der Waals surface area contributed by atoms with E-state index in [1.807, 2.05) is 16.7 Å². The highest BCUT2D eigenvalue weighted by Crippen LogP contribution is 2.24. The van der Waals surface area contributed by atoms with Gasteiger partial charge >= 0.3 is 0 Å². The van der Waals surface area contributed by atoms with E-state index in [1.165, 1.54) is 23.5 Å². The molecule has 6 nitrogen and oxygen atoms in total. The van der Waals surface area contributed by atoms with Gasteiger partial charge in [0, 0.05) is 34.4 Å². The fourth-order valence-electron chi connectivity index (χ4n) is 2.67. The first kappa shape index (κ1) is 20.0. The Morgan fingerprint density at radius 2 is 2.04 bits per heavy atom. The Kier molecular flexibility index (Phi) is 6.11. The molecule has 0 unspecified atom stereocenters. The van der Waals surface area contributed by atoms with Crippen LogP contribution in [-0.4, -0.2) is 20.6 Å². The molecule has 0 fully saturated rings. The number of thioether (sulfide) groups is 1. The van der Waals surface area contributed by atoms with E-state index in [2.05, 4.69) is 25.4 Å². The molecule has 3 aromatic rings. The second kappa shape index (κ2) is 8.53. The summed E-state index contributed by atoms with van der Waals surface area (Å²) in [6.07, 6.45) is 1.70. The molecule has 1 heterocycles. The van der Waals surface area contributed by atoms with E-state index in [0.717, 1.165) is 10.4 Å². The number of nitrogens with zero attached hydrogens (tertiary/aromatic N) is 3. The minimum absolute atomic E-state index is 0.00983. The third-order valence-electron chi connectivity index (χ3n) is 3.86. The van der Waals surface area contributed by atoms with Crippen molar-refractivity contribution in [2.45, 2.75) is 30.5 Å². The highest BCUT2D eigenvalue weighted by molar-refractivity contribution is 7.99. The maximum atomic E-state index is 12.6. The van der Waals surface area contributed by atoms with Crippen molar-refractivity contribution in [2.75, 3.05) is 0 Å². The van der Waals surface area contributed by atoms with Crippen molar-refractivity contribution >= 4 is 44.9 Å². The summed E-state index contributed by atoms with van der Waals surface area (Å²) in [5.74, 6) is -0.347. The number of rotatable bonds is 6. The van der Waals surface area contributed by atoms with Crippen LogP contribution in [0.1, 0.15) is 24.2 Å². The number of aromatic nitrogens is 1. The van der Waals surface area contributed by atoms with Crippen molar-refractivity contribution in [1.29, 1.82) is 0 Å². The van der Waals surface area contributed by atoms with Crippen LogP contribution in [0.3, 0.4) is 0 Å². The normalized spacial score (nSPS) is 11.9. The van der Waals surface area contributed by atoms with Gasteiger partial charge in [-0.05, 0) is 30.3 Å². The van der Waals surface area contributed by atoms with E-state index < -0.39 is 4.92 Å². The Bertz CT molecular complexity index is 1110. The first-order valence-corrected chi connectivity index (χ1v) is 10.3. The highest BCUT2D eigenvalue weighted by atomic mass is 32.2. The van der Waals surface area contributed by atoms with Crippen LogP contribution in [0.4, 0.5) is 5.69 Å². The lowest BCUT2D eigenvalue weighted by Gasteiger charge is -2.04. The number of hydrogen-bond acceptors (Lipinski definition) is 5. The Morgan fingerprint density at radius 3 is 2.64 bits per heavy atom. The van der Waals surface area contributed by atoms with Crippen LogP contribution < -0.4 is 4.80 Å². The summed E-state index contributed by atoms with van der Waals surface area (Å²) in [6.45, 7) is 8.43. The Balaban J connectivity index is 2.01. The number of hydrogen-bond donors (Lipinski definition) is 0. The van der Waals surface area contributed by atoms with Gasteiger partial charge in [0.05, 0.1) is 15.1 Å². The van der Waals surface area contributed by atoms with Crippen LogP contribution in [0, 0.1) is 10.1 Å². The predicted octanol–water partition coefficient (Wildman–Crippen LogP) is 5.04. The zero-order valence-corrected chi connectivity index (χ0v) is 17.1. The Morgan fingerprint density at radius 1 is 1.32 bits per heavy atom. The lowest BCUT2D eigenvalue weighted by Crippen LogP contribution is -2.16. The number of benzene rings is 2. The molecule has 3 rings (SSSR count). The topological polar surface area (TPSA) is 77.5 Å². The number of carbonyl (C=O) groups is 1. The van der Waals surface area contributed by atoms with Crippen LogP contribution in [0.2, 0.25) is 0 Å². The van der Waals surface area contributed by atoms with Gasteiger partial charge in [0.15, 0.2) is 4.80 Å². The molecule has 1 amide bonds. The minimum Gasteiger partial charge on any atom is -0.312 e. The number of allylic oxidation sites excluding steroid dienone is 1. The van der Waals surface area contributed by atoms with E-state index in [9.17, 15) is 14.9 Å². The number of non-ortho nitro benzene ring substituents is 1. The summed E-state index contributed by atoms with van der Waals surface area (Å²) in [4.78, 5) is 29.1. The lowest BCUT2D eigenvalue weighted by atomic mass is 10.2. The van der Waals surface area contributed by atoms with Gasteiger partial charge < -0.3 is 4.57 Å². The van der Waals surface area contributed by atoms with Crippen molar-refractivity contribution in [3.63, 3.8) is 0 Å². The largest absolute Gasteiger partial charge is 0.312 e. The number of nitro benzene ring substituents is 1. The first-order valence-electron chi connectivity index (χ1n) is 8.63. The van der Waals surface area contributed by atoms with E-state index in [0.29, 0.717) is 26.9 Å². The second-order valence-electron chi connectivity index (χ2n) is 6.30. The van der Waals surface area contributed by atoms with Crippen molar-refractivity contribution in [2.24, 2.45) is 4.99 Å². The van der Waals surface area contributed by atoms with Gasteiger partial charge in [-0.3, -0.25) is 14.9 Å². The molecule has 0 bridgehead atoms. The van der Waals surface area contributed by atoms with Crippen LogP contribution >= 0.6 is 23.1 Å². The average molecular weight is 414 g/mol.